The van der Waals surface area contributed by atoms with Crippen LogP contribution in [-0.2, 0) is 13.0 Å². The maximum atomic E-state index is 9.64. The van der Waals surface area contributed by atoms with Crippen molar-refractivity contribution in [1.82, 2.24) is 19.5 Å². The molecule has 2 aromatic heterocycles. The Labute approximate surface area is 148 Å². The number of aliphatic hydroxyl groups excluding tert-OH is 1. The van der Waals surface area contributed by atoms with Crippen molar-refractivity contribution in [2.45, 2.75) is 57.7 Å². The van der Waals surface area contributed by atoms with Crippen molar-refractivity contribution in [1.29, 1.82) is 0 Å². The lowest BCUT2D eigenvalue weighted by atomic mass is 10.0. The molecule has 4 heterocycles. The van der Waals surface area contributed by atoms with Gasteiger partial charge in [0.2, 0.25) is 0 Å². The van der Waals surface area contributed by atoms with Gasteiger partial charge in [0.05, 0.1) is 18.3 Å². The predicted octanol–water partition coefficient (Wildman–Crippen LogP) is 1.76. The fraction of sp³-hybridized carbons (Fsp3) is 0.611. The number of nitrogens with zero attached hydrogens (tertiary/aromatic N) is 5. The number of imidazole rings is 1. The number of aryl methyl sites for hydroxylation is 2. The standard InChI is InChI=1S/C18H26N6O/c1-13-9-23-10-14(5-6-17(23)21-13)22-16-8-18(20-12-19-16)24-7-3-2-4-15(24)11-25/h8-9,12,14-15,25H,2-7,10-11H2,1H3,(H,19,20,22). The third kappa shape index (κ3) is 3.46. The van der Waals surface area contributed by atoms with Crippen molar-refractivity contribution in [2.75, 3.05) is 23.4 Å². The number of rotatable bonds is 4. The molecule has 25 heavy (non-hydrogen) atoms. The lowest BCUT2D eigenvalue weighted by Gasteiger charge is -2.35. The first-order valence-corrected chi connectivity index (χ1v) is 9.21. The van der Waals surface area contributed by atoms with Gasteiger partial charge >= 0.3 is 0 Å². The quantitative estimate of drug-likeness (QED) is 0.881. The Hall–Kier alpha value is -2.15. The topological polar surface area (TPSA) is 79.1 Å². The minimum atomic E-state index is 0.169. The number of hydrogen-bond acceptors (Lipinski definition) is 6. The minimum absolute atomic E-state index is 0.169. The van der Waals surface area contributed by atoms with Crippen molar-refractivity contribution in [3.05, 3.63) is 30.1 Å². The van der Waals surface area contributed by atoms with Crippen molar-refractivity contribution >= 4 is 11.6 Å². The molecule has 2 atom stereocenters. The predicted molar refractivity (Wildman–Crippen MR) is 96.8 cm³/mol. The third-order valence-corrected chi connectivity index (χ3v) is 5.25. The molecule has 1 saturated heterocycles. The fourth-order valence-electron chi connectivity index (χ4n) is 3.99. The van der Waals surface area contributed by atoms with Crippen LogP contribution in [0.1, 0.15) is 37.2 Å². The van der Waals surface area contributed by atoms with Crippen LogP contribution in [0.15, 0.2) is 18.6 Å². The van der Waals surface area contributed by atoms with Gasteiger partial charge in [-0.05, 0) is 32.6 Å². The van der Waals surface area contributed by atoms with Crippen molar-refractivity contribution in [3.8, 4) is 0 Å². The zero-order chi connectivity index (χ0) is 17.2. The summed E-state index contributed by atoms with van der Waals surface area (Å²) in [4.78, 5) is 15.6. The van der Waals surface area contributed by atoms with Crippen LogP contribution in [0.4, 0.5) is 11.6 Å². The summed E-state index contributed by atoms with van der Waals surface area (Å²) in [6.07, 6.45) is 9.13. The summed E-state index contributed by atoms with van der Waals surface area (Å²) in [6, 6.07) is 2.53. The van der Waals surface area contributed by atoms with Crippen LogP contribution in [0.3, 0.4) is 0 Å². The SMILES string of the molecule is Cc1cn2c(n1)CCC(Nc1cc(N3CCCCC3CO)ncn1)C2. The smallest absolute Gasteiger partial charge is 0.134 e. The van der Waals surface area contributed by atoms with Gasteiger partial charge in [-0.2, -0.15) is 0 Å². The molecule has 0 radical (unpaired) electrons. The Kier molecular flexibility index (Phi) is 4.57. The summed E-state index contributed by atoms with van der Waals surface area (Å²) in [5.74, 6) is 2.95. The summed E-state index contributed by atoms with van der Waals surface area (Å²) >= 11 is 0. The highest BCUT2D eigenvalue weighted by molar-refractivity contribution is 5.50. The molecule has 2 aromatic rings. The molecule has 7 nitrogen and oxygen atoms in total. The van der Waals surface area contributed by atoms with E-state index in [4.69, 9.17) is 0 Å². The van der Waals surface area contributed by atoms with Gasteiger partial charge in [-0.3, -0.25) is 0 Å². The Morgan fingerprint density at radius 1 is 1.28 bits per heavy atom. The Morgan fingerprint density at radius 2 is 2.20 bits per heavy atom. The third-order valence-electron chi connectivity index (χ3n) is 5.25. The molecule has 0 aromatic carbocycles. The van der Waals surface area contributed by atoms with Crippen molar-refractivity contribution in [3.63, 3.8) is 0 Å². The fourth-order valence-corrected chi connectivity index (χ4v) is 3.99. The summed E-state index contributed by atoms with van der Waals surface area (Å²) in [7, 11) is 0. The van der Waals surface area contributed by atoms with Crippen LogP contribution in [0.5, 0.6) is 0 Å². The van der Waals surface area contributed by atoms with E-state index in [0.717, 1.165) is 56.1 Å². The van der Waals surface area contributed by atoms with Crippen LogP contribution in [0, 0.1) is 6.92 Å². The van der Waals surface area contributed by atoms with Gasteiger partial charge in [0.25, 0.3) is 0 Å². The van der Waals surface area contributed by atoms with Crippen LogP contribution < -0.4 is 10.2 Å². The van der Waals surface area contributed by atoms with Gasteiger partial charge < -0.3 is 19.9 Å². The summed E-state index contributed by atoms with van der Waals surface area (Å²) in [5.41, 5.74) is 1.08. The molecular weight excluding hydrogens is 316 g/mol. The molecule has 0 aliphatic carbocycles. The van der Waals surface area contributed by atoms with E-state index < -0.39 is 0 Å². The van der Waals surface area contributed by atoms with Gasteiger partial charge in [-0.1, -0.05) is 0 Å². The minimum Gasteiger partial charge on any atom is -0.394 e. The van der Waals surface area contributed by atoms with E-state index in [1.807, 2.05) is 13.0 Å². The van der Waals surface area contributed by atoms with Crippen molar-refractivity contribution < 1.29 is 5.11 Å². The van der Waals surface area contributed by atoms with E-state index >= 15 is 0 Å². The van der Waals surface area contributed by atoms with E-state index in [9.17, 15) is 5.11 Å². The summed E-state index contributed by atoms with van der Waals surface area (Å²) in [6.45, 7) is 4.08. The summed E-state index contributed by atoms with van der Waals surface area (Å²) in [5, 5.41) is 13.2. The highest BCUT2D eigenvalue weighted by atomic mass is 16.3. The van der Waals surface area contributed by atoms with E-state index in [-0.39, 0.29) is 12.6 Å². The number of aliphatic hydroxyl groups is 1. The molecule has 7 heteroatoms. The Morgan fingerprint density at radius 3 is 3.08 bits per heavy atom. The monoisotopic (exact) mass is 342 g/mol. The Bertz CT molecular complexity index is 730. The normalized spacial score (nSPS) is 23.4. The zero-order valence-electron chi connectivity index (χ0n) is 14.7. The first-order valence-electron chi connectivity index (χ1n) is 9.21. The number of nitrogens with one attached hydrogen (secondary N) is 1. The first kappa shape index (κ1) is 16.3. The molecule has 0 saturated carbocycles. The second-order valence-corrected chi connectivity index (χ2v) is 7.12. The molecule has 0 spiro atoms. The van der Waals surface area contributed by atoms with Gasteiger partial charge in [0.1, 0.15) is 23.8 Å². The van der Waals surface area contributed by atoms with E-state index in [2.05, 4.69) is 35.9 Å². The molecular formula is C18H26N6O. The molecule has 2 aliphatic rings. The molecule has 1 fully saturated rings. The van der Waals surface area contributed by atoms with Crippen LogP contribution in [0.2, 0.25) is 0 Å². The van der Waals surface area contributed by atoms with Crippen LogP contribution in [0.25, 0.3) is 0 Å². The highest BCUT2D eigenvalue weighted by Crippen LogP contribution is 2.25. The molecule has 0 bridgehead atoms. The molecule has 0 amide bonds. The van der Waals surface area contributed by atoms with Crippen molar-refractivity contribution in [2.24, 2.45) is 0 Å². The highest BCUT2D eigenvalue weighted by Gasteiger charge is 2.24. The maximum Gasteiger partial charge on any atom is 0.134 e. The maximum absolute atomic E-state index is 9.64. The molecule has 2 unspecified atom stereocenters. The van der Waals surface area contributed by atoms with Gasteiger partial charge in [0.15, 0.2) is 0 Å². The number of hydrogen-bond donors (Lipinski definition) is 2. The molecule has 4 rings (SSSR count). The van der Waals surface area contributed by atoms with E-state index in [1.165, 1.54) is 12.2 Å². The zero-order valence-corrected chi connectivity index (χ0v) is 14.7. The molecule has 2 N–H and O–H groups in total. The second-order valence-electron chi connectivity index (χ2n) is 7.12. The van der Waals surface area contributed by atoms with E-state index in [1.54, 1.807) is 6.33 Å². The average Bonchev–Trinajstić information content (AvgIpc) is 3.01. The van der Waals surface area contributed by atoms with Gasteiger partial charge in [-0.25, -0.2) is 15.0 Å². The number of aromatic nitrogens is 4. The van der Waals surface area contributed by atoms with Crippen LogP contribution >= 0.6 is 0 Å². The average molecular weight is 342 g/mol. The second kappa shape index (κ2) is 7.00. The molecule has 134 valence electrons. The lowest BCUT2D eigenvalue weighted by molar-refractivity contribution is 0.239. The van der Waals surface area contributed by atoms with Gasteiger partial charge in [0, 0.05) is 37.8 Å². The largest absolute Gasteiger partial charge is 0.394 e. The first-order chi connectivity index (χ1) is 12.2. The van der Waals surface area contributed by atoms with E-state index in [0.29, 0.717) is 6.04 Å². The Balaban J connectivity index is 1.47. The number of fused-ring (bicyclic) bond motifs is 1. The molecule has 2 aliphatic heterocycles. The number of anilines is 2. The van der Waals surface area contributed by atoms with Gasteiger partial charge in [-0.15, -0.1) is 0 Å². The van der Waals surface area contributed by atoms with Crippen LogP contribution in [-0.4, -0.2) is 49.9 Å². The summed E-state index contributed by atoms with van der Waals surface area (Å²) < 4.78 is 2.24. The lowest BCUT2D eigenvalue weighted by Crippen LogP contribution is -2.42. The number of piperidine rings is 1.